The summed E-state index contributed by atoms with van der Waals surface area (Å²) in [7, 11) is 1.52. The molecule has 2 aromatic rings. The van der Waals surface area contributed by atoms with E-state index >= 15 is 0 Å². The standard InChI is InChI=1S/C20H20O5S/c1-13(21)12-26-19-7-5-4-6-17(19)20(23)25-11-16-10-15(14(2)22)8-9-18(16)24-3/h4-10H,11-12H2,1-3H3. The molecule has 0 radical (unpaired) electrons. The smallest absolute Gasteiger partial charge is 0.339 e. The molecule has 0 aliphatic heterocycles. The van der Waals surface area contributed by atoms with Gasteiger partial charge in [0.05, 0.1) is 18.4 Å². The number of esters is 1. The van der Waals surface area contributed by atoms with Crippen LogP contribution < -0.4 is 4.74 Å². The molecule has 0 N–H and O–H groups in total. The highest BCUT2D eigenvalue weighted by atomic mass is 32.2. The summed E-state index contributed by atoms with van der Waals surface area (Å²) in [5, 5.41) is 0. The van der Waals surface area contributed by atoms with Crippen molar-refractivity contribution in [3.63, 3.8) is 0 Å². The average molecular weight is 372 g/mol. The number of hydrogen-bond donors (Lipinski definition) is 0. The molecule has 0 atom stereocenters. The molecule has 0 aliphatic rings. The topological polar surface area (TPSA) is 69.7 Å². The van der Waals surface area contributed by atoms with Crippen LogP contribution in [0.1, 0.15) is 40.1 Å². The van der Waals surface area contributed by atoms with E-state index in [1.165, 1.54) is 32.7 Å². The Morgan fingerprint density at radius 3 is 2.42 bits per heavy atom. The van der Waals surface area contributed by atoms with E-state index in [0.717, 1.165) is 0 Å². The third-order valence-corrected chi connectivity index (χ3v) is 4.80. The normalized spacial score (nSPS) is 10.3. The number of ether oxygens (including phenoxy) is 2. The van der Waals surface area contributed by atoms with Crippen LogP contribution >= 0.6 is 11.8 Å². The number of carbonyl (C=O) groups excluding carboxylic acids is 3. The van der Waals surface area contributed by atoms with Crippen LogP contribution in [0.25, 0.3) is 0 Å². The Bertz CT molecular complexity index is 829. The molecular formula is C20H20O5S. The molecule has 0 fully saturated rings. The van der Waals surface area contributed by atoms with Crippen LogP contribution in [0.3, 0.4) is 0 Å². The molecule has 0 unspecified atom stereocenters. The van der Waals surface area contributed by atoms with Crippen LogP contribution in [0, 0.1) is 0 Å². The second-order valence-corrected chi connectivity index (χ2v) is 6.66. The molecule has 0 bridgehead atoms. The fourth-order valence-corrected chi connectivity index (χ4v) is 3.11. The lowest BCUT2D eigenvalue weighted by Crippen LogP contribution is -2.08. The second kappa shape index (κ2) is 9.20. The summed E-state index contributed by atoms with van der Waals surface area (Å²) in [5.74, 6) is 0.294. The number of carbonyl (C=O) groups is 3. The van der Waals surface area contributed by atoms with E-state index in [4.69, 9.17) is 9.47 Å². The molecular weight excluding hydrogens is 352 g/mol. The molecule has 0 saturated heterocycles. The Balaban J connectivity index is 2.15. The zero-order valence-electron chi connectivity index (χ0n) is 14.9. The lowest BCUT2D eigenvalue weighted by molar-refractivity contribution is -0.114. The fraction of sp³-hybridized carbons (Fsp3) is 0.250. The van der Waals surface area contributed by atoms with Gasteiger partial charge < -0.3 is 9.47 Å². The Morgan fingerprint density at radius 1 is 1.04 bits per heavy atom. The van der Waals surface area contributed by atoms with E-state index in [1.54, 1.807) is 42.5 Å². The molecule has 2 rings (SSSR count). The molecule has 0 aromatic heterocycles. The van der Waals surface area contributed by atoms with Crippen LogP contribution in [0.5, 0.6) is 5.75 Å². The molecule has 5 nitrogen and oxygen atoms in total. The van der Waals surface area contributed by atoms with Crippen molar-refractivity contribution in [1.29, 1.82) is 0 Å². The number of thioether (sulfide) groups is 1. The average Bonchev–Trinajstić information content (AvgIpc) is 2.64. The van der Waals surface area contributed by atoms with Gasteiger partial charge >= 0.3 is 5.97 Å². The number of rotatable bonds is 8. The van der Waals surface area contributed by atoms with E-state index < -0.39 is 5.97 Å². The van der Waals surface area contributed by atoms with E-state index in [2.05, 4.69) is 0 Å². The van der Waals surface area contributed by atoms with Gasteiger partial charge in [-0.2, -0.15) is 0 Å². The van der Waals surface area contributed by atoms with Crippen LogP contribution in [-0.4, -0.2) is 30.4 Å². The van der Waals surface area contributed by atoms with Crippen molar-refractivity contribution in [2.45, 2.75) is 25.3 Å². The molecule has 136 valence electrons. The van der Waals surface area contributed by atoms with Gasteiger partial charge in [0.25, 0.3) is 0 Å². The van der Waals surface area contributed by atoms with Gasteiger partial charge in [0.1, 0.15) is 18.1 Å². The Kier molecular flexibility index (Phi) is 6.97. The van der Waals surface area contributed by atoms with Crippen LogP contribution in [0.4, 0.5) is 0 Å². The summed E-state index contributed by atoms with van der Waals surface area (Å²) in [6, 6.07) is 12.0. The first-order valence-corrected chi connectivity index (χ1v) is 8.97. The van der Waals surface area contributed by atoms with Crippen molar-refractivity contribution in [2.24, 2.45) is 0 Å². The van der Waals surface area contributed by atoms with Crippen molar-refractivity contribution in [3.8, 4) is 5.75 Å². The van der Waals surface area contributed by atoms with Crippen molar-refractivity contribution in [2.75, 3.05) is 12.9 Å². The minimum atomic E-state index is -0.494. The first-order chi connectivity index (χ1) is 12.4. The summed E-state index contributed by atoms with van der Waals surface area (Å²) in [6.07, 6.45) is 0. The third kappa shape index (κ3) is 5.20. The highest BCUT2D eigenvalue weighted by Gasteiger charge is 2.15. The van der Waals surface area contributed by atoms with Crippen molar-refractivity contribution < 1.29 is 23.9 Å². The summed E-state index contributed by atoms with van der Waals surface area (Å²) in [5.41, 5.74) is 1.54. The number of Topliss-reactive ketones (excluding diaryl/α,β-unsaturated/α-hetero) is 2. The molecule has 0 saturated carbocycles. The Hall–Kier alpha value is -2.60. The van der Waals surface area contributed by atoms with Crippen molar-refractivity contribution in [1.82, 2.24) is 0 Å². The highest BCUT2D eigenvalue weighted by molar-refractivity contribution is 8.00. The maximum Gasteiger partial charge on any atom is 0.339 e. The highest BCUT2D eigenvalue weighted by Crippen LogP contribution is 2.25. The lowest BCUT2D eigenvalue weighted by Gasteiger charge is -2.12. The molecule has 0 aliphatic carbocycles. The van der Waals surface area contributed by atoms with E-state index in [0.29, 0.717) is 33.1 Å². The van der Waals surface area contributed by atoms with Gasteiger partial charge in [0, 0.05) is 16.0 Å². The number of benzene rings is 2. The molecule has 0 amide bonds. The zero-order chi connectivity index (χ0) is 19.1. The quantitative estimate of drug-likeness (QED) is 0.397. The third-order valence-electron chi connectivity index (χ3n) is 3.58. The van der Waals surface area contributed by atoms with Crippen molar-refractivity contribution in [3.05, 3.63) is 59.2 Å². The molecule has 2 aromatic carbocycles. The Morgan fingerprint density at radius 2 is 1.77 bits per heavy atom. The molecule has 6 heteroatoms. The molecule has 0 heterocycles. The Labute approximate surface area is 156 Å². The monoisotopic (exact) mass is 372 g/mol. The zero-order valence-corrected chi connectivity index (χ0v) is 15.7. The van der Waals surface area contributed by atoms with Gasteiger partial charge in [-0.15, -0.1) is 11.8 Å². The van der Waals surface area contributed by atoms with Gasteiger partial charge in [-0.25, -0.2) is 4.79 Å². The number of hydrogen-bond acceptors (Lipinski definition) is 6. The maximum atomic E-state index is 12.5. The SMILES string of the molecule is COc1ccc(C(C)=O)cc1COC(=O)c1ccccc1SCC(C)=O. The largest absolute Gasteiger partial charge is 0.496 e. The summed E-state index contributed by atoms with van der Waals surface area (Å²) in [6.45, 7) is 2.96. The van der Waals surface area contributed by atoms with Crippen molar-refractivity contribution >= 4 is 29.3 Å². The molecule has 0 spiro atoms. The predicted molar refractivity (Wildman–Crippen MR) is 100.0 cm³/mol. The molecule has 26 heavy (non-hydrogen) atoms. The van der Waals surface area contributed by atoms with Gasteiger partial charge in [-0.05, 0) is 44.2 Å². The van der Waals surface area contributed by atoms with Gasteiger partial charge in [-0.1, -0.05) is 12.1 Å². The number of ketones is 2. The summed E-state index contributed by atoms with van der Waals surface area (Å²) in [4.78, 5) is 35.9. The van der Waals surface area contributed by atoms with Crippen LogP contribution in [0.15, 0.2) is 47.4 Å². The summed E-state index contributed by atoms with van der Waals surface area (Å²) < 4.78 is 10.7. The van der Waals surface area contributed by atoms with Crippen LogP contribution in [-0.2, 0) is 16.1 Å². The van der Waals surface area contributed by atoms with Gasteiger partial charge in [-0.3, -0.25) is 9.59 Å². The van der Waals surface area contributed by atoms with E-state index in [1.807, 2.05) is 0 Å². The van der Waals surface area contributed by atoms with Gasteiger partial charge in [0.2, 0.25) is 0 Å². The van der Waals surface area contributed by atoms with E-state index in [-0.39, 0.29) is 18.2 Å². The minimum absolute atomic E-state index is 0.0190. The van der Waals surface area contributed by atoms with Gasteiger partial charge in [0.15, 0.2) is 5.78 Å². The van der Waals surface area contributed by atoms with E-state index in [9.17, 15) is 14.4 Å². The fourth-order valence-electron chi connectivity index (χ4n) is 2.27. The summed E-state index contributed by atoms with van der Waals surface area (Å²) >= 11 is 1.30. The minimum Gasteiger partial charge on any atom is -0.496 e. The second-order valence-electron chi connectivity index (χ2n) is 5.65. The lowest BCUT2D eigenvalue weighted by atomic mass is 10.1. The number of methoxy groups -OCH3 is 1. The van der Waals surface area contributed by atoms with Crippen LogP contribution in [0.2, 0.25) is 0 Å². The first kappa shape index (κ1) is 19.7. The first-order valence-electron chi connectivity index (χ1n) is 7.98. The predicted octanol–water partition coefficient (Wildman–Crippen LogP) is 3.94. The maximum absolute atomic E-state index is 12.5.